The third kappa shape index (κ3) is 5.39. The lowest BCUT2D eigenvalue weighted by Crippen LogP contribution is -2.34. The summed E-state index contributed by atoms with van der Waals surface area (Å²) in [4.78, 5) is 25.9. The Kier molecular flexibility index (Phi) is 7.40. The molecule has 2 atom stereocenters. The molecule has 3 aromatic carbocycles. The minimum atomic E-state index is -0.803. The topological polar surface area (TPSA) is 99.4 Å². The number of allylic oxidation sites excluding steroid dienone is 1. The van der Waals surface area contributed by atoms with Crippen molar-refractivity contribution in [1.82, 2.24) is 5.01 Å². The van der Waals surface area contributed by atoms with Crippen molar-refractivity contribution in [3.8, 4) is 11.5 Å². The molecule has 1 aliphatic heterocycles. The fourth-order valence-electron chi connectivity index (χ4n) is 4.93. The van der Waals surface area contributed by atoms with Crippen LogP contribution in [-0.2, 0) is 9.53 Å². The SMILES string of the molecule is O=C(OCC(=O)N1N=C2C(=Cc3cccc(Cl)c3)CCCC2C1c1ccc(Cl)cc1)c1ccc(O)c(O)c1. The third-order valence-corrected chi connectivity index (χ3v) is 7.18. The molecule has 1 fully saturated rings. The van der Waals surface area contributed by atoms with Crippen molar-refractivity contribution in [2.24, 2.45) is 11.0 Å². The summed E-state index contributed by atoms with van der Waals surface area (Å²) in [6, 6.07) is 18.1. The predicted molar refractivity (Wildman–Crippen MR) is 145 cm³/mol. The summed E-state index contributed by atoms with van der Waals surface area (Å²) < 4.78 is 5.25. The molecular weight excluding hydrogens is 527 g/mol. The zero-order valence-electron chi connectivity index (χ0n) is 20.2. The third-order valence-electron chi connectivity index (χ3n) is 6.70. The number of carbonyl (C=O) groups is 2. The van der Waals surface area contributed by atoms with Crippen molar-refractivity contribution in [3.05, 3.63) is 99.0 Å². The van der Waals surface area contributed by atoms with E-state index in [0.29, 0.717) is 10.0 Å². The Hall–Kier alpha value is -3.81. The van der Waals surface area contributed by atoms with Crippen molar-refractivity contribution in [1.29, 1.82) is 0 Å². The number of amides is 1. The van der Waals surface area contributed by atoms with E-state index in [2.05, 4.69) is 6.08 Å². The van der Waals surface area contributed by atoms with Gasteiger partial charge in [0.15, 0.2) is 18.1 Å². The molecule has 2 aliphatic rings. The molecule has 194 valence electrons. The van der Waals surface area contributed by atoms with Crippen molar-refractivity contribution >= 4 is 46.9 Å². The van der Waals surface area contributed by atoms with Crippen LogP contribution in [0.15, 0.2) is 77.4 Å². The number of carbonyl (C=O) groups excluding carboxylic acids is 2. The molecule has 0 radical (unpaired) electrons. The first-order chi connectivity index (χ1) is 18.3. The van der Waals surface area contributed by atoms with E-state index in [-0.39, 0.29) is 23.3 Å². The summed E-state index contributed by atoms with van der Waals surface area (Å²) in [6.07, 6.45) is 4.65. The number of rotatable bonds is 5. The highest BCUT2D eigenvalue weighted by molar-refractivity contribution is 6.31. The molecule has 7 nitrogen and oxygen atoms in total. The lowest BCUT2D eigenvalue weighted by Gasteiger charge is -2.29. The smallest absolute Gasteiger partial charge is 0.338 e. The Bertz CT molecular complexity index is 1450. The lowest BCUT2D eigenvalue weighted by atomic mass is 9.77. The molecule has 1 aliphatic carbocycles. The molecule has 2 unspecified atom stereocenters. The standard InChI is InChI=1S/C29H24Cl2N2O5/c30-21-10-7-18(8-11-21)28-23-6-2-4-19(13-17-3-1-5-22(31)14-17)27(23)32-33(28)26(36)16-38-29(37)20-9-12-24(34)25(35)15-20/h1,3,5,7-15,23,28,34-35H,2,4,6,16H2. The van der Waals surface area contributed by atoms with Crippen LogP contribution < -0.4 is 0 Å². The van der Waals surface area contributed by atoms with Gasteiger partial charge in [-0.2, -0.15) is 5.10 Å². The summed E-state index contributed by atoms with van der Waals surface area (Å²) in [5.74, 6) is -2.14. The monoisotopic (exact) mass is 550 g/mol. The fraction of sp³-hybridized carbons (Fsp3) is 0.207. The molecule has 0 aromatic heterocycles. The molecular formula is C29H24Cl2N2O5. The molecule has 1 amide bonds. The largest absolute Gasteiger partial charge is 0.504 e. The number of phenolic OH excluding ortho intramolecular Hbond substituents is 2. The zero-order valence-corrected chi connectivity index (χ0v) is 21.7. The summed E-state index contributed by atoms with van der Waals surface area (Å²) in [5.41, 5.74) is 3.71. The molecule has 0 spiro atoms. The maximum absolute atomic E-state index is 13.4. The van der Waals surface area contributed by atoms with Gasteiger partial charge in [0.05, 0.1) is 17.3 Å². The number of benzene rings is 3. The van der Waals surface area contributed by atoms with Gasteiger partial charge in [-0.15, -0.1) is 0 Å². The summed E-state index contributed by atoms with van der Waals surface area (Å²) >= 11 is 12.3. The van der Waals surface area contributed by atoms with E-state index in [1.165, 1.54) is 17.1 Å². The first kappa shape index (κ1) is 25.8. The van der Waals surface area contributed by atoms with Crippen LogP contribution in [0.4, 0.5) is 0 Å². The average Bonchev–Trinajstić information content (AvgIpc) is 3.30. The van der Waals surface area contributed by atoms with Crippen LogP contribution >= 0.6 is 23.2 Å². The van der Waals surface area contributed by atoms with Crippen molar-refractivity contribution < 1.29 is 24.5 Å². The Balaban J connectivity index is 1.43. The first-order valence-corrected chi connectivity index (χ1v) is 12.9. The number of aromatic hydroxyl groups is 2. The maximum atomic E-state index is 13.4. The number of phenols is 2. The van der Waals surface area contributed by atoms with Gasteiger partial charge in [0.2, 0.25) is 0 Å². The highest BCUT2D eigenvalue weighted by atomic mass is 35.5. The zero-order chi connectivity index (χ0) is 26.8. The maximum Gasteiger partial charge on any atom is 0.338 e. The molecule has 38 heavy (non-hydrogen) atoms. The van der Waals surface area contributed by atoms with Gasteiger partial charge in [0.25, 0.3) is 5.91 Å². The molecule has 1 saturated carbocycles. The van der Waals surface area contributed by atoms with Gasteiger partial charge in [-0.1, -0.05) is 47.5 Å². The number of hydrazone groups is 1. The van der Waals surface area contributed by atoms with Crippen LogP contribution in [0.1, 0.15) is 46.8 Å². The van der Waals surface area contributed by atoms with Crippen LogP contribution in [0, 0.1) is 5.92 Å². The Morgan fingerprint density at radius 2 is 1.79 bits per heavy atom. The molecule has 9 heteroatoms. The minimum absolute atomic E-state index is 0.00972. The second kappa shape index (κ2) is 10.9. The molecule has 5 rings (SSSR count). The van der Waals surface area contributed by atoms with Crippen LogP contribution in [0.25, 0.3) is 6.08 Å². The fourth-order valence-corrected chi connectivity index (χ4v) is 5.25. The molecule has 0 saturated heterocycles. The number of hydrogen-bond acceptors (Lipinski definition) is 6. The second-order valence-corrected chi connectivity index (χ2v) is 10.1. The summed E-state index contributed by atoms with van der Waals surface area (Å²) in [7, 11) is 0. The number of halogens is 2. The predicted octanol–water partition coefficient (Wildman–Crippen LogP) is 6.38. The summed E-state index contributed by atoms with van der Waals surface area (Å²) in [5, 5.41) is 26.5. The number of nitrogens with zero attached hydrogens (tertiary/aromatic N) is 2. The Morgan fingerprint density at radius 1 is 1.00 bits per heavy atom. The minimum Gasteiger partial charge on any atom is -0.504 e. The Morgan fingerprint density at radius 3 is 2.53 bits per heavy atom. The van der Waals surface area contributed by atoms with Crippen LogP contribution in [-0.4, -0.2) is 39.4 Å². The van der Waals surface area contributed by atoms with Crippen molar-refractivity contribution in [3.63, 3.8) is 0 Å². The number of esters is 1. The van der Waals surface area contributed by atoms with E-state index < -0.39 is 24.2 Å². The second-order valence-electron chi connectivity index (χ2n) is 9.22. The highest BCUT2D eigenvalue weighted by Gasteiger charge is 2.43. The number of hydrogen-bond donors (Lipinski definition) is 2. The van der Waals surface area contributed by atoms with Gasteiger partial charge in [-0.05, 0) is 84.5 Å². The van der Waals surface area contributed by atoms with E-state index in [9.17, 15) is 19.8 Å². The quantitative estimate of drug-likeness (QED) is 0.283. The van der Waals surface area contributed by atoms with E-state index >= 15 is 0 Å². The van der Waals surface area contributed by atoms with Crippen LogP contribution in [0.5, 0.6) is 11.5 Å². The van der Waals surface area contributed by atoms with Gasteiger partial charge in [-0.25, -0.2) is 9.80 Å². The van der Waals surface area contributed by atoms with E-state index in [0.717, 1.165) is 47.7 Å². The highest BCUT2D eigenvalue weighted by Crippen LogP contribution is 2.44. The molecule has 0 bridgehead atoms. The van der Waals surface area contributed by atoms with E-state index in [1.54, 1.807) is 12.1 Å². The van der Waals surface area contributed by atoms with E-state index in [4.69, 9.17) is 33.0 Å². The van der Waals surface area contributed by atoms with Crippen LogP contribution in [0.3, 0.4) is 0 Å². The van der Waals surface area contributed by atoms with Crippen LogP contribution in [0.2, 0.25) is 10.0 Å². The van der Waals surface area contributed by atoms with Gasteiger partial charge in [0.1, 0.15) is 0 Å². The average molecular weight is 551 g/mol. The van der Waals surface area contributed by atoms with Gasteiger partial charge in [-0.3, -0.25) is 4.79 Å². The van der Waals surface area contributed by atoms with Gasteiger partial charge >= 0.3 is 5.97 Å². The van der Waals surface area contributed by atoms with Crippen molar-refractivity contribution in [2.45, 2.75) is 25.3 Å². The molecule has 2 N–H and O–H groups in total. The first-order valence-electron chi connectivity index (χ1n) is 12.1. The molecule has 1 heterocycles. The number of fused-ring (bicyclic) bond motifs is 1. The van der Waals surface area contributed by atoms with E-state index in [1.807, 2.05) is 36.4 Å². The summed E-state index contributed by atoms with van der Waals surface area (Å²) in [6.45, 7) is -0.540. The lowest BCUT2D eigenvalue weighted by molar-refractivity contribution is -0.137. The normalized spacial score (nSPS) is 19.7. The number of ether oxygens (including phenoxy) is 1. The van der Waals surface area contributed by atoms with Crippen molar-refractivity contribution in [2.75, 3.05) is 6.61 Å². The van der Waals surface area contributed by atoms with Gasteiger partial charge < -0.3 is 14.9 Å². The Labute approximate surface area is 229 Å². The van der Waals surface area contributed by atoms with Gasteiger partial charge in [0, 0.05) is 16.0 Å². The molecule has 3 aromatic rings.